The van der Waals surface area contributed by atoms with Crippen molar-refractivity contribution in [2.75, 3.05) is 33.3 Å². The zero-order valence-electron chi connectivity index (χ0n) is 15.1. The predicted octanol–water partition coefficient (Wildman–Crippen LogP) is 1.72. The number of nitrogens with zero attached hydrogens (tertiary/aromatic N) is 2. The van der Waals surface area contributed by atoms with Crippen molar-refractivity contribution in [3.63, 3.8) is 0 Å². The van der Waals surface area contributed by atoms with Crippen LogP contribution in [0.25, 0.3) is 0 Å². The maximum Gasteiger partial charge on any atom is 0.252 e. The summed E-state index contributed by atoms with van der Waals surface area (Å²) in [5.74, 6) is 0.490. The van der Waals surface area contributed by atoms with Crippen LogP contribution in [0.1, 0.15) is 25.8 Å². The van der Waals surface area contributed by atoms with E-state index in [2.05, 4.69) is 30.9 Å². The van der Waals surface area contributed by atoms with E-state index in [9.17, 15) is 4.79 Å². The summed E-state index contributed by atoms with van der Waals surface area (Å²) < 4.78 is 5.72. The van der Waals surface area contributed by atoms with Crippen LogP contribution >= 0.6 is 0 Å². The van der Waals surface area contributed by atoms with Crippen LogP contribution in [0.5, 0.6) is 0 Å². The van der Waals surface area contributed by atoms with Gasteiger partial charge < -0.3 is 15.4 Å². The molecule has 0 radical (unpaired) electrons. The summed E-state index contributed by atoms with van der Waals surface area (Å²) in [5.41, 5.74) is 7.34. The minimum absolute atomic E-state index is 0.0590. The highest BCUT2D eigenvalue weighted by Gasteiger charge is 2.29. The predicted molar refractivity (Wildman–Crippen MR) is 96.5 cm³/mol. The molecule has 2 atom stereocenters. The second kappa shape index (κ2) is 9.16. The molecule has 2 unspecified atom stereocenters. The number of nitrogens with two attached hydrogens (primary N) is 1. The van der Waals surface area contributed by atoms with E-state index >= 15 is 0 Å². The zero-order chi connectivity index (χ0) is 17.5. The summed E-state index contributed by atoms with van der Waals surface area (Å²) in [4.78, 5) is 16.7. The van der Waals surface area contributed by atoms with Gasteiger partial charge in [-0.05, 0) is 17.9 Å². The molecule has 134 valence electrons. The Balaban J connectivity index is 1.83. The van der Waals surface area contributed by atoms with Crippen LogP contribution in [0.2, 0.25) is 0 Å². The van der Waals surface area contributed by atoms with Gasteiger partial charge in [0.1, 0.15) is 6.10 Å². The molecular formula is C19H31N3O2. The van der Waals surface area contributed by atoms with E-state index in [1.165, 1.54) is 5.56 Å². The number of hydrogen-bond acceptors (Lipinski definition) is 4. The molecule has 0 spiro atoms. The van der Waals surface area contributed by atoms with Gasteiger partial charge in [-0.3, -0.25) is 9.69 Å². The van der Waals surface area contributed by atoms with Gasteiger partial charge in [0.2, 0.25) is 0 Å². The maximum absolute atomic E-state index is 12.6. The third kappa shape index (κ3) is 5.58. The van der Waals surface area contributed by atoms with Crippen molar-refractivity contribution in [1.29, 1.82) is 0 Å². The summed E-state index contributed by atoms with van der Waals surface area (Å²) >= 11 is 0. The second-order valence-electron chi connectivity index (χ2n) is 7.04. The molecule has 5 heteroatoms. The second-order valence-corrected chi connectivity index (χ2v) is 7.04. The van der Waals surface area contributed by atoms with Crippen LogP contribution < -0.4 is 5.73 Å². The van der Waals surface area contributed by atoms with E-state index in [4.69, 9.17) is 10.5 Å². The summed E-state index contributed by atoms with van der Waals surface area (Å²) in [7, 11) is 1.84. The number of carbonyl (C=O) groups excluding carboxylic acids is 1. The van der Waals surface area contributed by atoms with Crippen LogP contribution in [0, 0.1) is 5.92 Å². The molecule has 0 bridgehead atoms. The van der Waals surface area contributed by atoms with Crippen LogP contribution in [0.3, 0.4) is 0 Å². The smallest absolute Gasteiger partial charge is 0.252 e. The van der Waals surface area contributed by atoms with Gasteiger partial charge in [-0.1, -0.05) is 44.2 Å². The number of carbonyl (C=O) groups is 1. The van der Waals surface area contributed by atoms with Gasteiger partial charge in [-0.2, -0.15) is 0 Å². The lowest BCUT2D eigenvalue weighted by atomic mass is 10.0. The molecule has 1 aromatic carbocycles. The lowest BCUT2D eigenvalue weighted by molar-refractivity contribution is -0.148. The van der Waals surface area contributed by atoms with Crippen molar-refractivity contribution < 1.29 is 9.53 Å². The summed E-state index contributed by atoms with van der Waals surface area (Å²) in [6, 6.07) is 10.5. The molecule has 0 aromatic heterocycles. The number of ether oxygens (including phenoxy) is 1. The number of morpholine rings is 1. The summed E-state index contributed by atoms with van der Waals surface area (Å²) in [5, 5.41) is 0. The molecular weight excluding hydrogens is 302 g/mol. The van der Waals surface area contributed by atoms with Crippen LogP contribution in [-0.4, -0.2) is 61.1 Å². The Kier molecular flexibility index (Phi) is 7.21. The Morgan fingerprint density at radius 3 is 2.75 bits per heavy atom. The molecule has 1 aliphatic rings. The highest BCUT2D eigenvalue weighted by atomic mass is 16.5. The molecule has 2 N–H and O–H groups in total. The van der Waals surface area contributed by atoms with E-state index in [1.54, 1.807) is 4.90 Å². The van der Waals surface area contributed by atoms with Gasteiger partial charge in [-0.15, -0.1) is 0 Å². The van der Waals surface area contributed by atoms with Gasteiger partial charge in [0.25, 0.3) is 5.91 Å². The largest absolute Gasteiger partial charge is 0.366 e. The molecule has 1 aliphatic heterocycles. The highest BCUT2D eigenvalue weighted by molar-refractivity contribution is 5.81. The van der Waals surface area contributed by atoms with Crippen molar-refractivity contribution in [1.82, 2.24) is 9.80 Å². The molecule has 24 heavy (non-hydrogen) atoms. The van der Waals surface area contributed by atoms with Crippen molar-refractivity contribution in [2.45, 2.75) is 39.0 Å². The fourth-order valence-electron chi connectivity index (χ4n) is 2.87. The molecule has 1 fully saturated rings. The lowest BCUT2D eigenvalue weighted by Crippen LogP contribution is -2.50. The molecule has 1 saturated heterocycles. The third-order valence-electron chi connectivity index (χ3n) is 4.71. The standard InChI is InChI=1S/C19H31N3O2/c1-15(2)17(20)9-10-21(3)19(23)18-14-22(11-12-24-18)13-16-7-5-4-6-8-16/h4-8,15,17-18H,9-14,20H2,1-3H3. The number of likely N-dealkylation sites (N-methyl/N-ethyl adjacent to an activating group) is 1. The SMILES string of the molecule is CC(C)C(N)CCN(C)C(=O)C1CN(Cc2ccccc2)CCO1. The average molecular weight is 333 g/mol. The molecule has 1 amide bonds. The van der Waals surface area contributed by atoms with E-state index in [0.29, 0.717) is 25.6 Å². The minimum Gasteiger partial charge on any atom is -0.366 e. The zero-order valence-corrected chi connectivity index (χ0v) is 15.1. The fourth-order valence-corrected chi connectivity index (χ4v) is 2.87. The highest BCUT2D eigenvalue weighted by Crippen LogP contribution is 2.13. The average Bonchev–Trinajstić information content (AvgIpc) is 2.59. The van der Waals surface area contributed by atoms with E-state index in [-0.39, 0.29) is 18.1 Å². The minimum atomic E-state index is -0.372. The first-order valence-corrected chi connectivity index (χ1v) is 8.86. The number of hydrogen-bond donors (Lipinski definition) is 1. The van der Waals surface area contributed by atoms with E-state index in [1.807, 2.05) is 25.2 Å². The first-order valence-electron chi connectivity index (χ1n) is 8.86. The van der Waals surface area contributed by atoms with Gasteiger partial charge >= 0.3 is 0 Å². The Morgan fingerprint density at radius 2 is 2.08 bits per heavy atom. The fraction of sp³-hybridized carbons (Fsp3) is 0.632. The van der Waals surface area contributed by atoms with Crippen LogP contribution in [-0.2, 0) is 16.1 Å². The third-order valence-corrected chi connectivity index (χ3v) is 4.71. The molecule has 5 nitrogen and oxygen atoms in total. The Hall–Kier alpha value is -1.43. The van der Waals surface area contributed by atoms with Gasteiger partial charge in [0.15, 0.2) is 0 Å². The van der Waals surface area contributed by atoms with Gasteiger partial charge in [0, 0.05) is 39.3 Å². The van der Waals surface area contributed by atoms with Crippen molar-refractivity contribution in [2.24, 2.45) is 11.7 Å². The van der Waals surface area contributed by atoms with E-state index in [0.717, 1.165) is 19.5 Å². The topological polar surface area (TPSA) is 58.8 Å². The summed E-state index contributed by atoms with van der Waals surface area (Å²) in [6.45, 7) is 7.86. The van der Waals surface area contributed by atoms with Crippen molar-refractivity contribution >= 4 is 5.91 Å². The normalized spacial score (nSPS) is 20.1. The molecule has 0 saturated carbocycles. The van der Waals surface area contributed by atoms with Crippen LogP contribution in [0.15, 0.2) is 30.3 Å². The summed E-state index contributed by atoms with van der Waals surface area (Å²) in [6.07, 6.45) is 0.447. The Morgan fingerprint density at radius 1 is 1.38 bits per heavy atom. The number of rotatable bonds is 7. The molecule has 1 heterocycles. The molecule has 1 aromatic rings. The van der Waals surface area contributed by atoms with E-state index < -0.39 is 0 Å². The quantitative estimate of drug-likeness (QED) is 0.825. The molecule has 0 aliphatic carbocycles. The Labute approximate surface area is 145 Å². The van der Waals surface area contributed by atoms with Gasteiger partial charge in [-0.25, -0.2) is 0 Å². The number of benzene rings is 1. The number of amides is 1. The lowest BCUT2D eigenvalue weighted by Gasteiger charge is -2.34. The maximum atomic E-state index is 12.6. The first kappa shape index (κ1) is 18.9. The monoisotopic (exact) mass is 333 g/mol. The van der Waals surface area contributed by atoms with Crippen molar-refractivity contribution in [3.05, 3.63) is 35.9 Å². The van der Waals surface area contributed by atoms with Crippen LogP contribution in [0.4, 0.5) is 0 Å². The molecule has 2 rings (SSSR count). The van der Waals surface area contributed by atoms with Crippen molar-refractivity contribution in [3.8, 4) is 0 Å². The van der Waals surface area contributed by atoms with Gasteiger partial charge in [0.05, 0.1) is 6.61 Å². The Bertz CT molecular complexity index is 507. The first-order chi connectivity index (χ1) is 11.5.